The van der Waals surface area contributed by atoms with Crippen LogP contribution < -0.4 is 10.6 Å². The molecule has 3 N–H and O–H groups in total. The van der Waals surface area contributed by atoms with Crippen LogP contribution in [0, 0.1) is 5.92 Å². The topological polar surface area (TPSA) is 61.4 Å². The normalized spacial score (nSPS) is 27.5. The fraction of sp³-hybridized carbons (Fsp3) is 0.917. The Kier molecular flexibility index (Phi) is 6.12. The molecule has 4 atom stereocenters. The lowest BCUT2D eigenvalue weighted by Gasteiger charge is -2.21. The zero-order valence-corrected chi connectivity index (χ0v) is 11.7. The number of urea groups is 1. The molecular formula is C12H24N2O2S. The van der Waals surface area contributed by atoms with Crippen molar-refractivity contribution in [1.82, 2.24) is 10.6 Å². The summed E-state index contributed by atoms with van der Waals surface area (Å²) in [6.45, 7) is 3.93. The van der Waals surface area contributed by atoms with E-state index in [1.165, 1.54) is 6.42 Å². The predicted molar refractivity (Wildman–Crippen MR) is 72.3 cm³/mol. The van der Waals surface area contributed by atoms with Gasteiger partial charge in [-0.25, -0.2) is 4.79 Å². The van der Waals surface area contributed by atoms with Gasteiger partial charge in [0, 0.05) is 23.9 Å². The Bertz CT molecular complexity index is 251. The lowest BCUT2D eigenvalue weighted by atomic mass is 10.1. The summed E-state index contributed by atoms with van der Waals surface area (Å²) in [4.78, 5) is 11.7. The molecule has 100 valence electrons. The van der Waals surface area contributed by atoms with Gasteiger partial charge >= 0.3 is 6.03 Å². The van der Waals surface area contributed by atoms with Crippen LogP contribution in [0.4, 0.5) is 4.79 Å². The molecule has 1 fully saturated rings. The second kappa shape index (κ2) is 7.11. The maximum absolute atomic E-state index is 11.7. The second-order valence-corrected chi connectivity index (χ2v) is 6.07. The summed E-state index contributed by atoms with van der Waals surface area (Å²) in [5.41, 5.74) is 0. The van der Waals surface area contributed by atoms with E-state index in [1.54, 1.807) is 0 Å². The summed E-state index contributed by atoms with van der Waals surface area (Å²) >= 11 is 1.88. The van der Waals surface area contributed by atoms with E-state index in [-0.39, 0.29) is 24.6 Å². The number of carbonyl (C=O) groups excluding carboxylic acids is 1. The maximum Gasteiger partial charge on any atom is 0.315 e. The van der Waals surface area contributed by atoms with E-state index in [0.717, 1.165) is 12.8 Å². The lowest BCUT2D eigenvalue weighted by Crippen LogP contribution is -2.47. The number of nitrogens with one attached hydrogen (secondary N) is 2. The summed E-state index contributed by atoms with van der Waals surface area (Å²) < 4.78 is 0. The van der Waals surface area contributed by atoms with Crippen molar-refractivity contribution < 1.29 is 9.90 Å². The van der Waals surface area contributed by atoms with Crippen LogP contribution in [0.1, 0.15) is 33.1 Å². The highest BCUT2D eigenvalue weighted by Gasteiger charge is 2.25. The van der Waals surface area contributed by atoms with Gasteiger partial charge in [0.2, 0.25) is 0 Å². The fourth-order valence-corrected chi connectivity index (χ4v) is 2.82. The van der Waals surface area contributed by atoms with Crippen molar-refractivity contribution in [2.45, 2.75) is 50.4 Å². The van der Waals surface area contributed by atoms with Crippen LogP contribution in [0.5, 0.6) is 0 Å². The van der Waals surface area contributed by atoms with Gasteiger partial charge in [0.1, 0.15) is 0 Å². The molecule has 5 heteroatoms. The number of hydrogen-bond acceptors (Lipinski definition) is 3. The number of amides is 2. The Labute approximate surface area is 108 Å². The number of aliphatic hydroxyl groups excluding tert-OH is 1. The molecule has 1 aliphatic carbocycles. The molecule has 0 saturated heterocycles. The molecule has 0 aliphatic heterocycles. The van der Waals surface area contributed by atoms with E-state index in [9.17, 15) is 4.79 Å². The first-order valence-electron chi connectivity index (χ1n) is 6.27. The molecule has 0 bridgehead atoms. The smallest absolute Gasteiger partial charge is 0.315 e. The average Bonchev–Trinajstić information content (AvgIpc) is 2.75. The van der Waals surface area contributed by atoms with Gasteiger partial charge in [-0.3, -0.25) is 0 Å². The highest BCUT2D eigenvalue weighted by Crippen LogP contribution is 2.27. The molecule has 1 aliphatic rings. The third-order valence-corrected chi connectivity index (χ3v) is 4.65. The standard InChI is InChI=1S/C12H24N2O2S/c1-8(7-15)9(2)13-12(16)14-10-4-5-11(6-10)17-3/h8-11,15H,4-7H2,1-3H3,(H2,13,14,16). The minimum atomic E-state index is -0.107. The van der Waals surface area contributed by atoms with E-state index < -0.39 is 0 Å². The quantitative estimate of drug-likeness (QED) is 0.703. The van der Waals surface area contributed by atoms with Gasteiger partial charge < -0.3 is 15.7 Å². The minimum Gasteiger partial charge on any atom is -0.396 e. The molecule has 4 nitrogen and oxygen atoms in total. The highest BCUT2D eigenvalue weighted by molar-refractivity contribution is 7.99. The van der Waals surface area contributed by atoms with Gasteiger partial charge in [0.15, 0.2) is 0 Å². The van der Waals surface area contributed by atoms with Crippen molar-refractivity contribution >= 4 is 17.8 Å². The van der Waals surface area contributed by atoms with Crippen LogP contribution in [0.25, 0.3) is 0 Å². The Balaban J connectivity index is 2.26. The zero-order valence-electron chi connectivity index (χ0n) is 10.9. The van der Waals surface area contributed by atoms with Gasteiger partial charge in [-0.05, 0) is 38.4 Å². The highest BCUT2D eigenvalue weighted by atomic mass is 32.2. The van der Waals surface area contributed by atoms with Gasteiger partial charge in [0.25, 0.3) is 0 Å². The van der Waals surface area contributed by atoms with Gasteiger partial charge in [-0.1, -0.05) is 6.92 Å². The third-order valence-electron chi connectivity index (χ3n) is 3.55. The molecule has 0 aromatic carbocycles. The monoisotopic (exact) mass is 260 g/mol. The van der Waals surface area contributed by atoms with Gasteiger partial charge in [-0.2, -0.15) is 11.8 Å². The molecule has 1 rings (SSSR count). The van der Waals surface area contributed by atoms with Crippen LogP contribution in [0.15, 0.2) is 0 Å². The summed E-state index contributed by atoms with van der Waals surface area (Å²) in [7, 11) is 0. The van der Waals surface area contributed by atoms with Gasteiger partial charge in [-0.15, -0.1) is 0 Å². The van der Waals surface area contributed by atoms with Crippen molar-refractivity contribution in [3.63, 3.8) is 0 Å². The molecule has 0 aromatic rings. The number of rotatable bonds is 5. The summed E-state index contributed by atoms with van der Waals surface area (Å²) in [6.07, 6.45) is 5.45. The zero-order chi connectivity index (χ0) is 12.8. The van der Waals surface area contributed by atoms with Gasteiger partial charge in [0.05, 0.1) is 0 Å². The average molecular weight is 260 g/mol. The van der Waals surface area contributed by atoms with Crippen LogP contribution in [0.2, 0.25) is 0 Å². The Hall–Kier alpha value is -0.420. The van der Waals surface area contributed by atoms with E-state index in [2.05, 4.69) is 16.9 Å². The van der Waals surface area contributed by atoms with Crippen LogP contribution in [-0.4, -0.2) is 41.3 Å². The third kappa shape index (κ3) is 4.76. The van der Waals surface area contributed by atoms with Crippen molar-refractivity contribution in [1.29, 1.82) is 0 Å². The molecule has 1 saturated carbocycles. The summed E-state index contributed by atoms with van der Waals surface area (Å²) in [5.74, 6) is 0.0864. The first kappa shape index (κ1) is 14.6. The SMILES string of the molecule is CSC1CCC(NC(=O)NC(C)C(C)CO)C1. The largest absolute Gasteiger partial charge is 0.396 e. The molecule has 2 amide bonds. The predicted octanol–water partition coefficient (Wildman–Crippen LogP) is 1.59. The number of thioether (sulfide) groups is 1. The van der Waals surface area contributed by atoms with Crippen LogP contribution >= 0.6 is 11.8 Å². The molecule has 0 spiro atoms. The molecule has 0 radical (unpaired) electrons. The Morgan fingerprint density at radius 3 is 2.71 bits per heavy atom. The van der Waals surface area contributed by atoms with E-state index in [1.807, 2.05) is 25.6 Å². The maximum atomic E-state index is 11.7. The molecule has 0 aromatic heterocycles. The van der Waals surface area contributed by atoms with Crippen LogP contribution in [-0.2, 0) is 0 Å². The molecular weight excluding hydrogens is 236 g/mol. The van der Waals surface area contributed by atoms with E-state index in [4.69, 9.17) is 5.11 Å². The molecule has 4 unspecified atom stereocenters. The number of carbonyl (C=O) groups is 1. The molecule has 17 heavy (non-hydrogen) atoms. The minimum absolute atomic E-state index is 0.00208. The summed E-state index contributed by atoms with van der Waals surface area (Å²) in [6, 6.07) is 0.200. The Morgan fingerprint density at radius 1 is 1.47 bits per heavy atom. The first-order chi connectivity index (χ1) is 8.06. The molecule has 0 heterocycles. The number of hydrogen-bond donors (Lipinski definition) is 3. The first-order valence-corrected chi connectivity index (χ1v) is 7.56. The van der Waals surface area contributed by atoms with Crippen LogP contribution in [0.3, 0.4) is 0 Å². The van der Waals surface area contributed by atoms with E-state index >= 15 is 0 Å². The lowest BCUT2D eigenvalue weighted by molar-refractivity contribution is 0.199. The van der Waals surface area contributed by atoms with Crippen molar-refractivity contribution in [2.24, 2.45) is 5.92 Å². The Morgan fingerprint density at radius 2 is 2.18 bits per heavy atom. The number of aliphatic hydroxyl groups is 1. The fourth-order valence-electron chi connectivity index (χ4n) is 2.02. The van der Waals surface area contributed by atoms with Crippen molar-refractivity contribution in [2.75, 3.05) is 12.9 Å². The van der Waals surface area contributed by atoms with Crippen molar-refractivity contribution in [3.05, 3.63) is 0 Å². The van der Waals surface area contributed by atoms with E-state index in [0.29, 0.717) is 11.3 Å². The summed E-state index contributed by atoms with van der Waals surface area (Å²) in [5, 5.41) is 15.6. The second-order valence-electron chi connectivity index (χ2n) is 4.93. The van der Waals surface area contributed by atoms with Crippen molar-refractivity contribution in [3.8, 4) is 0 Å².